The van der Waals surface area contributed by atoms with E-state index in [1.165, 1.54) is 5.56 Å². The van der Waals surface area contributed by atoms with Crippen molar-refractivity contribution in [2.75, 3.05) is 19.7 Å². The molecule has 1 heterocycles. The molecule has 2 rings (SSSR count). The highest BCUT2D eigenvalue weighted by Gasteiger charge is 2.27. The number of hydrogen-bond acceptors (Lipinski definition) is 3. The van der Waals surface area contributed by atoms with E-state index >= 15 is 0 Å². The summed E-state index contributed by atoms with van der Waals surface area (Å²) in [5, 5.41) is 14.1. The lowest BCUT2D eigenvalue weighted by atomic mass is 9.78. The van der Waals surface area contributed by atoms with Crippen LogP contribution < -0.4 is 5.32 Å². The van der Waals surface area contributed by atoms with Crippen molar-refractivity contribution in [3.05, 3.63) is 28.8 Å². The molecule has 1 aromatic rings. The van der Waals surface area contributed by atoms with E-state index in [1.54, 1.807) is 0 Å². The SMILES string of the molecule is CC(C)(C)c1cc(CC2CNCCO2)cc(C(C)(C)C)c1O. The number of hydrogen-bond donors (Lipinski definition) is 2. The van der Waals surface area contributed by atoms with Crippen LogP contribution >= 0.6 is 0 Å². The number of aromatic hydroxyl groups is 1. The fourth-order valence-corrected chi connectivity index (χ4v) is 2.97. The van der Waals surface area contributed by atoms with Crippen LogP contribution in [0, 0.1) is 0 Å². The molecule has 0 radical (unpaired) electrons. The van der Waals surface area contributed by atoms with Gasteiger partial charge in [-0.25, -0.2) is 0 Å². The lowest BCUT2D eigenvalue weighted by Crippen LogP contribution is -2.39. The third-order valence-electron chi connectivity index (χ3n) is 4.25. The Bertz CT molecular complexity index is 482. The van der Waals surface area contributed by atoms with Gasteiger partial charge in [0, 0.05) is 13.1 Å². The second-order valence-electron chi connectivity index (χ2n) is 8.44. The number of phenols is 1. The normalized spacial score (nSPS) is 20.2. The standard InChI is InChI=1S/C19H31NO2/c1-18(2,3)15-10-13(9-14-12-20-7-8-22-14)11-16(17(15)21)19(4,5)6/h10-11,14,20-21H,7-9,12H2,1-6H3. The molecule has 22 heavy (non-hydrogen) atoms. The van der Waals surface area contributed by atoms with Gasteiger partial charge in [0.1, 0.15) is 5.75 Å². The van der Waals surface area contributed by atoms with Gasteiger partial charge in [-0.2, -0.15) is 0 Å². The summed E-state index contributed by atoms with van der Waals surface area (Å²) in [7, 11) is 0. The van der Waals surface area contributed by atoms with Crippen LogP contribution in [-0.2, 0) is 22.0 Å². The monoisotopic (exact) mass is 305 g/mol. The molecule has 1 saturated heterocycles. The number of ether oxygens (including phenoxy) is 1. The predicted octanol–water partition coefficient (Wildman–Crippen LogP) is 3.52. The summed E-state index contributed by atoms with van der Waals surface area (Å²) < 4.78 is 5.84. The summed E-state index contributed by atoms with van der Waals surface area (Å²) >= 11 is 0. The Morgan fingerprint density at radius 2 is 1.64 bits per heavy atom. The second-order valence-corrected chi connectivity index (χ2v) is 8.44. The Kier molecular flexibility index (Phi) is 4.88. The molecule has 1 aromatic carbocycles. The van der Waals surface area contributed by atoms with Crippen LogP contribution in [0.2, 0.25) is 0 Å². The lowest BCUT2D eigenvalue weighted by Gasteiger charge is -2.29. The fourth-order valence-electron chi connectivity index (χ4n) is 2.97. The molecule has 1 fully saturated rings. The molecule has 124 valence electrons. The molecule has 1 aliphatic heterocycles. The molecule has 0 spiro atoms. The molecular weight excluding hydrogens is 274 g/mol. The molecule has 0 saturated carbocycles. The minimum Gasteiger partial charge on any atom is -0.507 e. The lowest BCUT2D eigenvalue weighted by molar-refractivity contribution is 0.0292. The maximum atomic E-state index is 10.7. The van der Waals surface area contributed by atoms with Crippen LogP contribution in [0.5, 0.6) is 5.75 Å². The van der Waals surface area contributed by atoms with Gasteiger partial charge >= 0.3 is 0 Å². The highest BCUT2D eigenvalue weighted by Crippen LogP contribution is 2.40. The first-order chi connectivity index (χ1) is 10.1. The fraction of sp³-hybridized carbons (Fsp3) is 0.684. The quantitative estimate of drug-likeness (QED) is 0.878. The van der Waals surface area contributed by atoms with E-state index < -0.39 is 0 Å². The summed E-state index contributed by atoms with van der Waals surface area (Å²) in [5.74, 6) is 0.450. The van der Waals surface area contributed by atoms with Gasteiger partial charge in [0.25, 0.3) is 0 Å². The van der Waals surface area contributed by atoms with E-state index in [4.69, 9.17) is 4.74 Å². The molecule has 0 aromatic heterocycles. The molecule has 1 unspecified atom stereocenters. The molecule has 1 atom stereocenters. The van der Waals surface area contributed by atoms with Crippen LogP contribution in [0.1, 0.15) is 58.2 Å². The summed E-state index contributed by atoms with van der Waals surface area (Å²) in [6, 6.07) is 4.31. The Hall–Kier alpha value is -1.06. The van der Waals surface area contributed by atoms with E-state index in [0.717, 1.165) is 37.2 Å². The van der Waals surface area contributed by atoms with Gasteiger partial charge in [0.2, 0.25) is 0 Å². The molecule has 2 N–H and O–H groups in total. The van der Waals surface area contributed by atoms with Crippen molar-refractivity contribution in [2.24, 2.45) is 0 Å². The van der Waals surface area contributed by atoms with Crippen molar-refractivity contribution in [1.82, 2.24) is 5.32 Å². The van der Waals surface area contributed by atoms with Crippen molar-refractivity contribution in [3.63, 3.8) is 0 Å². The minimum atomic E-state index is -0.0776. The number of rotatable bonds is 2. The van der Waals surface area contributed by atoms with Gasteiger partial charge in [-0.05, 0) is 33.9 Å². The topological polar surface area (TPSA) is 41.5 Å². The van der Waals surface area contributed by atoms with Gasteiger partial charge in [0.15, 0.2) is 0 Å². The Morgan fingerprint density at radius 1 is 1.09 bits per heavy atom. The van der Waals surface area contributed by atoms with Crippen LogP contribution in [0.4, 0.5) is 0 Å². The third-order valence-corrected chi connectivity index (χ3v) is 4.25. The minimum absolute atomic E-state index is 0.0776. The van der Waals surface area contributed by atoms with Crippen molar-refractivity contribution in [1.29, 1.82) is 0 Å². The van der Waals surface area contributed by atoms with E-state index in [-0.39, 0.29) is 16.9 Å². The summed E-state index contributed by atoms with van der Waals surface area (Å²) in [5.41, 5.74) is 3.15. The van der Waals surface area contributed by atoms with Gasteiger partial charge in [-0.15, -0.1) is 0 Å². The number of benzene rings is 1. The average Bonchev–Trinajstić information content (AvgIpc) is 2.39. The van der Waals surface area contributed by atoms with E-state index in [1.807, 2.05) is 0 Å². The number of morpholine rings is 1. The molecule has 0 amide bonds. The maximum absolute atomic E-state index is 10.7. The molecule has 3 heteroatoms. The van der Waals surface area contributed by atoms with E-state index in [0.29, 0.717) is 5.75 Å². The van der Waals surface area contributed by atoms with Crippen molar-refractivity contribution in [3.8, 4) is 5.75 Å². The summed E-state index contributed by atoms with van der Waals surface area (Å²) in [4.78, 5) is 0. The average molecular weight is 305 g/mol. The predicted molar refractivity (Wildman–Crippen MR) is 91.8 cm³/mol. The van der Waals surface area contributed by atoms with E-state index in [2.05, 4.69) is 59.0 Å². The summed E-state index contributed by atoms with van der Waals surface area (Å²) in [6.45, 7) is 15.5. The van der Waals surface area contributed by atoms with Gasteiger partial charge in [0.05, 0.1) is 12.7 Å². The molecular formula is C19H31NO2. The van der Waals surface area contributed by atoms with Crippen LogP contribution in [-0.4, -0.2) is 30.9 Å². The first kappa shape index (κ1) is 17.3. The summed E-state index contributed by atoms with van der Waals surface area (Å²) in [6.07, 6.45) is 1.11. The first-order valence-electron chi connectivity index (χ1n) is 8.28. The highest BCUT2D eigenvalue weighted by molar-refractivity contribution is 5.50. The Balaban J connectivity index is 2.41. The number of nitrogens with one attached hydrogen (secondary N) is 1. The van der Waals surface area contributed by atoms with E-state index in [9.17, 15) is 5.11 Å². The van der Waals surface area contributed by atoms with Crippen molar-refractivity contribution < 1.29 is 9.84 Å². The zero-order valence-corrected chi connectivity index (χ0v) is 14.9. The van der Waals surface area contributed by atoms with Gasteiger partial charge < -0.3 is 15.2 Å². The zero-order chi connectivity index (χ0) is 16.5. The Morgan fingerprint density at radius 3 is 2.05 bits per heavy atom. The highest BCUT2D eigenvalue weighted by atomic mass is 16.5. The maximum Gasteiger partial charge on any atom is 0.123 e. The first-order valence-corrected chi connectivity index (χ1v) is 8.28. The molecule has 1 aliphatic rings. The largest absolute Gasteiger partial charge is 0.507 e. The Labute approximate surface area is 135 Å². The zero-order valence-electron chi connectivity index (χ0n) is 14.9. The molecule has 0 bridgehead atoms. The van der Waals surface area contributed by atoms with Gasteiger partial charge in [-0.3, -0.25) is 0 Å². The number of phenolic OH excluding ortho intramolecular Hbond substituents is 1. The van der Waals surface area contributed by atoms with Crippen LogP contribution in [0.25, 0.3) is 0 Å². The third kappa shape index (κ3) is 4.02. The van der Waals surface area contributed by atoms with Crippen LogP contribution in [0.3, 0.4) is 0 Å². The van der Waals surface area contributed by atoms with Crippen molar-refractivity contribution in [2.45, 2.75) is 64.9 Å². The van der Waals surface area contributed by atoms with Gasteiger partial charge in [-0.1, -0.05) is 53.7 Å². The molecule has 3 nitrogen and oxygen atoms in total. The smallest absolute Gasteiger partial charge is 0.123 e. The van der Waals surface area contributed by atoms with Crippen LogP contribution in [0.15, 0.2) is 12.1 Å². The van der Waals surface area contributed by atoms with Crippen molar-refractivity contribution >= 4 is 0 Å². The second kappa shape index (κ2) is 6.21. The molecule has 0 aliphatic carbocycles.